The molecule has 2 aromatic heterocycles. The van der Waals surface area contributed by atoms with Crippen molar-refractivity contribution in [2.75, 3.05) is 7.11 Å². The van der Waals surface area contributed by atoms with Crippen LogP contribution in [0.3, 0.4) is 0 Å². The van der Waals surface area contributed by atoms with E-state index in [2.05, 4.69) is 52.4 Å². The highest BCUT2D eigenvalue weighted by molar-refractivity contribution is 5.93. The minimum atomic E-state index is -0.363. The lowest BCUT2D eigenvalue weighted by Crippen LogP contribution is -2.02. The lowest BCUT2D eigenvalue weighted by molar-refractivity contribution is 0.0601. The molecule has 2 heterocycles. The molecular weight excluding hydrogens is 396 g/mol. The summed E-state index contributed by atoms with van der Waals surface area (Å²) in [5.41, 5.74) is 8.48. The van der Waals surface area contributed by atoms with E-state index in [1.165, 1.54) is 7.11 Å². The second-order valence-electron chi connectivity index (χ2n) is 7.59. The van der Waals surface area contributed by atoms with Gasteiger partial charge in [0.1, 0.15) is 0 Å². The maximum atomic E-state index is 12.4. The molecule has 0 fully saturated rings. The molecule has 0 saturated heterocycles. The predicted molar refractivity (Wildman–Crippen MR) is 128 cm³/mol. The van der Waals surface area contributed by atoms with E-state index in [-0.39, 0.29) is 5.97 Å². The monoisotopic (exact) mass is 418 g/mol. The van der Waals surface area contributed by atoms with Crippen molar-refractivity contribution in [3.8, 4) is 45.0 Å². The zero-order chi connectivity index (χ0) is 21.9. The third-order valence-corrected chi connectivity index (χ3v) is 5.52. The Balaban J connectivity index is 1.57. The van der Waals surface area contributed by atoms with Crippen molar-refractivity contribution in [1.29, 1.82) is 0 Å². The molecule has 0 spiro atoms. The van der Waals surface area contributed by atoms with Gasteiger partial charge >= 0.3 is 5.97 Å². The van der Waals surface area contributed by atoms with Gasteiger partial charge in [0.2, 0.25) is 0 Å². The zero-order valence-corrected chi connectivity index (χ0v) is 17.6. The fraction of sp³-hybridized carbons (Fsp3) is 0.0357. The molecule has 5 rings (SSSR count). The van der Waals surface area contributed by atoms with Crippen LogP contribution in [0.1, 0.15) is 10.4 Å². The summed E-state index contributed by atoms with van der Waals surface area (Å²) in [6.07, 6.45) is 0. The Kier molecular flexibility index (Phi) is 5.18. The van der Waals surface area contributed by atoms with Crippen molar-refractivity contribution in [3.05, 3.63) is 109 Å². The highest BCUT2D eigenvalue weighted by Crippen LogP contribution is 2.31. The summed E-state index contributed by atoms with van der Waals surface area (Å²) in [6, 6.07) is 34.3. The number of H-pyrrole nitrogens is 2. The number of carbonyl (C=O) groups is 1. The molecule has 0 aliphatic heterocycles. The van der Waals surface area contributed by atoms with E-state index >= 15 is 0 Å². The van der Waals surface area contributed by atoms with Crippen molar-refractivity contribution in [2.24, 2.45) is 0 Å². The third kappa shape index (κ3) is 3.86. The summed E-state index contributed by atoms with van der Waals surface area (Å²) in [6.45, 7) is 0. The van der Waals surface area contributed by atoms with Crippen molar-refractivity contribution >= 4 is 5.97 Å². The molecule has 0 amide bonds. The smallest absolute Gasteiger partial charge is 0.337 e. The molecule has 0 atom stereocenters. The molecule has 0 saturated carbocycles. The van der Waals surface area contributed by atoms with E-state index < -0.39 is 0 Å². The van der Waals surface area contributed by atoms with Gasteiger partial charge in [-0.3, -0.25) is 0 Å². The number of ether oxygens (including phenoxy) is 1. The molecule has 0 aliphatic rings. The Morgan fingerprint density at radius 3 is 1.38 bits per heavy atom. The first kappa shape index (κ1) is 19.6. The number of methoxy groups -OCH3 is 1. The largest absolute Gasteiger partial charge is 0.465 e. The van der Waals surface area contributed by atoms with Gasteiger partial charge in [0.05, 0.1) is 12.7 Å². The summed E-state index contributed by atoms with van der Waals surface area (Å²) < 4.78 is 5.01. The fourth-order valence-corrected chi connectivity index (χ4v) is 3.87. The van der Waals surface area contributed by atoms with Crippen LogP contribution in [-0.2, 0) is 4.74 Å². The number of rotatable bonds is 5. The summed E-state index contributed by atoms with van der Waals surface area (Å²) in [7, 11) is 1.40. The van der Waals surface area contributed by atoms with Gasteiger partial charge in [0, 0.05) is 22.8 Å². The Hall–Kier alpha value is -4.31. The van der Waals surface area contributed by atoms with Crippen LogP contribution in [0.2, 0.25) is 0 Å². The van der Waals surface area contributed by atoms with Crippen molar-refractivity contribution in [2.45, 2.75) is 0 Å². The number of esters is 1. The van der Waals surface area contributed by atoms with Crippen molar-refractivity contribution in [3.63, 3.8) is 0 Å². The molecule has 2 N–H and O–H groups in total. The van der Waals surface area contributed by atoms with Crippen LogP contribution in [0, 0.1) is 0 Å². The number of nitrogens with one attached hydrogen (secondary N) is 2. The minimum absolute atomic E-state index is 0.363. The van der Waals surface area contributed by atoms with Crippen LogP contribution in [0.15, 0.2) is 103 Å². The fourth-order valence-electron chi connectivity index (χ4n) is 3.87. The number of hydrogen-bond acceptors (Lipinski definition) is 2. The number of carbonyl (C=O) groups excluding carboxylic acids is 1. The Labute approximate surface area is 186 Å². The van der Waals surface area contributed by atoms with E-state index in [9.17, 15) is 4.79 Å². The normalized spacial score (nSPS) is 10.8. The van der Waals surface area contributed by atoms with E-state index in [4.69, 9.17) is 4.74 Å². The molecule has 0 radical (unpaired) electrons. The molecule has 0 bridgehead atoms. The molecule has 4 heteroatoms. The summed E-state index contributed by atoms with van der Waals surface area (Å²) in [4.78, 5) is 19.3. The van der Waals surface area contributed by atoms with Gasteiger partial charge in [-0.1, -0.05) is 60.7 Å². The predicted octanol–water partition coefficient (Wildman–Crippen LogP) is 6.80. The van der Waals surface area contributed by atoms with Gasteiger partial charge in [-0.15, -0.1) is 0 Å². The number of benzene rings is 3. The Morgan fingerprint density at radius 2 is 0.969 bits per heavy atom. The number of aromatic nitrogens is 2. The summed E-state index contributed by atoms with van der Waals surface area (Å²) >= 11 is 0. The zero-order valence-electron chi connectivity index (χ0n) is 17.6. The van der Waals surface area contributed by atoms with Crippen molar-refractivity contribution in [1.82, 2.24) is 9.97 Å². The van der Waals surface area contributed by atoms with Crippen LogP contribution in [0.25, 0.3) is 45.0 Å². The van der Waals surface area contributed by atoms with Crippen molar-refractivity contribution < 1.29 is 9.53 Å². The van der Waals surface area contributed by atoms with Crippen LogP contribution in [0.5, 0.6) is 0 Å². The molecule has 0 unspecified atom stereocenters. The van der Waals surface area contributed by atoms with Gasteiger partial charge in [-0.2, -0.15) is 0 Å². The van der Waals surface area contributed by atoms with E-state index in [1.54, 1.807) is 0 Å². The average molecular weight is 418 g/mol. The third-order valence-electron chi connectivity index (χ3n) is 5.52. The minimum Gasteiger partial charge on any atom is -0.465 e. The highest BCUT2D eigenvalue weighted by Gasteiger charge is 2.14. The quantitative estimate of drug-likeness (QED) is 0.309. The number of hydrogen-bond donors (Lipinski definition) is 2. The second-order valence-corrected chi connectivity index (χ2v) is 7.59. The summed E-state index contributed by atoms with van der Waals surface area (Å²) in [5, 5.41) is 0. The maximum Gasteiger partial charge on any atom is 0.337 e. The van der Waals surface area contributed by atoms with Gasteiger partial charge in [-0.25, -0.2) is 4.79 Å². The Bertz CT molecular complexity index is 1270. The van der Waals surface area contributed by atoms with Crippen LogP contribution < -0.4 is 0 Å². The first-order valence-corrected chi connectivity index (χ1v) is 10.4. The van der Waals surface area contributed by atoms with Gasteiger partial charge in [0.15, 0.2) is 0 Å². The lowest BCUT2D eigenvalue weighted by atomic mass is 10.0. The van der Waals surface area contributed by atoms with Crippen LogP contribution in [0.4, 0.5) is 0 Å². The topological polar surface area (TPSA) is 57.9 Å². The molecule has 32 heavy (non-hydrogen) atoms. The molecule has 4 nitrogen and oxygen atoms in total. The molecule has 5 aromatic rings. The van der Waals surface area contributed by atoms with Crippen LogP contribution >= 0.6 is 0 Å². The van der Waals surface area contributed by atoms with Gasteiger partial charge in [-0.05, 0) is 64.7 Å². The summed E-state index contributed by atoms with van der Waals surface area (Å²) in [5.74, 6) is -0.363. The average Bonchev–Trinajstić information content (AvgIpc) is 3.55. The first-order chi connectivity index (χ1) is 15.7. The Morgan fingerprint density at radius 1 is 0.562 bits per heavy atom. The lowest BCUT2D eigenvalue weighted by Gasteiger charge is -2.08. The van der Waals surface area contributed by atoms with E-state index in [0.717, 1.165) is 45.0 Å². The second kappa shape index (κ2) is 8.44. The SMILES string of the molecule is COC(=O)c1cc(-c2ccc(-c3ccccc3)[nH]2)cc(-c2ccc(-c3ccccc3)[nH]2)c1. The van der Waals surface area contributed by atoms with Gasteiger partial charge in [0.25, 0.3) is 0 Å². The first-order valence-electron chi connectivity index (χ1n) is 10.4. The standard InChI is InChI=1S/C28H22N2O2/c1-32-28(31)23-17-21(26-14-12-24(29-26)19-8-4-2-5-9-19)16-22(18-23)27-15-13-25(30-27)20-10-6-3-7-11-20/h2-18,29-30H,1H3. The molecule has 156 valence electrons. The molecular formula is C28H22N2O2. The van der Waals surface area contributed by atoms with E-state index in [1.807, 2.05) is 60.7 Å². The van der Waals surface area contributed by atoms with Gasteiger partial charge < -0.3 is 14.7 Å². The number of aromatic amines is 2. The van der Waals surface area contributed by atoms with Crippen LogP contribution in [-0.4, -0.2) is 23.0 Å². The maximum absolute atomic E-state index is 12.4. The molecule has 3 aromatic carbocycles. The van der Waals surface area contributed by atoms with E-state index in [0.29, 0.717) is 5.56 Å². The highest BCUT2D eigenvalue weighted by atomic mass is 16.5. The molecule has 0 aliphatic carbocycles.